The van der Waals surface area contributed by atoms with Crippen LogP contribution in [0.15, 0.2) is 30.3 Å². The van der Waals surface area contributed by atoms with E-state index in [-0.39, 0.29) is 21.7 Å². The molecule has 0 aliphatic heterocycles. The van der Waals surface area contributed by atoms with E-state index in [2.05, 4.69) is 0 Å². The molecular formula is C13H6ClF3O2. The van der Waals surface area contributed by atoms with Crippen LogP contribution in [0.5, 0.6) is 0 Å². The Morgan fingerprint density at radius 3 is 2.16 bits per heavy atom. The van der Waals surface area contributed by atoms with E-state index >= 15 is 0 Å². The summed E-state index contributed by atoms with van der Waals surface area (Å²) < 4.78 is 39.2. The smallest absolute Gasteiger partial charge is 0.336 e. The van der Waals surface area contributed by atoms with Crippen molar-refractivity contribution in [2.75, 3.05) is 0 Å². The van der Waals surface area contributed by atoms with E-state index in [1.165, 1.54) is 18.2 Å². The molecule has 0 heterocycles. The van der Waals surface area contributed by atoms with Crippen LogP contribution in [-0.4, -0.2) is 11.1 Å². The molecule has 2 aromatic carbocycles. The van der Waals surface area contributed by atoms with Crippen LogP contribution in [0.2, 0.25) is 5.02 Å². The summed E-state index contributed by atoms with van der Waals surface area (Å²) in [5.74, 6) is -5.68. The van der Waals surface area contributed by atoms with Gasteiger partial charge in [0.2, 0.25) is 0 Å². The highest BCUT2D eigenvalue weighted by Crippen LogP contribution is 2.29. The summed E-state index contributed by atoms with van der Waals surface area (Å²) in [7, 11) is 0. The molecule has 2 aromatic rings. The van der Waals surface area contributed by atoms with Gasteiger partial charge in [-0.3, -0.25) is 0 Å². The number of halogens is 4. The molecule has 0 aromatic heterocycles. The van der Waals surface area contributed by atoms with Gasteiger partial charge in [0.05, 0.1) is 5.56 Å². The molecule has 2 rings (SSSR count). The largest absolute Gasteiger partial charge is 0.478 e. The Balaban J connectivity index is 2.71. The van der Waals surface area contributed by atoms with E-state index < -0.39 is 23.4 Å². The maximum absolute atomic E-state index is 13.2. The Labute approximate surface area is 111 Å². The topological polar surface area (TPSA) is 37.3 Å². The lowest BCUT2D eigenvalue weighted by Crippen LogP contribution is -2.00. The van der Waals surface area contributed by atoms with Gasteiger partial charge in [-0.15, -0.1) is 0 Å². The number of hydrogen-bond donors (Lipinski definition) is 1. The van der Waals surface area contributed by atoms with Gasteiger partial charge in [-0.25, -0.2) is 18.0 Å². The summed E-state index contributed by atoms with van der Waals surface area (Å²) >= 11 is 5.73. The average Bonchev–Trinajstić information content (AvgIpc) is 2.34. The van der Waals surface area contributed by atoms with Crippen molar-refractivity contribution in [3.63, 3.8) is 0 Å². The number of benzene rings is 2. The number of carboxylic acid groups (broad SMARTS) is 1. The third-order valence-corrected chi connectivity index (χ3v) is 2.74. The Morgan fingerprint density at radius 1 is 1.05 bits per heavy atom. The van der Waals surface area contributed by atoms with Gasteiger partial charge in [-0.1, -0.05) is 11.6 Å². The van der Waals surface area contributed by atoms with E-state index in [1.807, 2.05) is 0 Å². The Kier molecular flexibility index (Phi) is 3.48. The van der Waals surface area contributed by atoms with Crippen molar-refractivity contribution in [2.24, 2.45) is 0 Å². The van der Waals surface area contributed by atoms with Crippen molar-refractivity contribution in [2.45, 2.75) is 0 Å². The van der Waals surface area contributed by atoms with Crippen molar-refractivity contribution < 1.29 is 23.1 Å². The number of carboxylic acids is 1. The van der Waals surface area contributed by atoms with Gasteiger partial charge in [-0.05, 0) is 41.5 Å². The second-order valence-corrected chi connectivity index (χ2v) is 4.19. The highest BCUT2D eigenvalue weighted by molar-refractivity contribution is 6.31. The van der Waals surface area contributed by atoms with Gasteiger partial charge in [0.25, 0.3) is 0 Å². The predicted octanol–water partition coefficient (Wildman–Crippen LogP) is 4.12. The first-order valence-electron chi connectivity index (χ1n) is 5.08. The summed E-state index contributed by atoms with van der Waals surface area (Å²) in [5, 5.41) is 9.21. The quantitative estimate of drug-likeness (QED) is 0.843. The highest BCUT2D eigenvalue weighted by Gasteiger charge is 2.16. The van der Waals surface area contributed by atoms with Gasteiger partial charge >= 0.3 is 5.97 Å². The Bertz CT molecular complexity index is 648. The second kappa shape index (κ2) is 4.93. The molecule has 0 unspecified atom stereocenters. The van der Waals surface area contributed by atoms with Crippen LogP contribution in [0.4, 0.5) is 13.2 Å². The molecule has 0 fully saturated rings. The predicted molar refractivity (Wildman–Crippen MR) is 63.7 cm³/mol. The van der Waals surface area contributed by atoms with Gasteiger partial charge in [-0.2, -0.15) is 0 Å². The fourth-order valence-corrected chi connectivity index (χ4v) is 1.82. The molecule has 0 aliphatic carbocycles. The van der Waals surface area contributed by atoms with Crippen LogP contribution < -0.4 is 0 Å². The maximum atomic E-state index is 13.2. The average molecular weight is 287 g/mol. The van der Waals surface area contributed by atoms with Gasteiger partial charge in [0, 0.05) is 5.02 Å². The lowest BCUT2D eigenvalue weighted by Gasteiger charge is -2.08. The number of hydrogen-bond acceptors (Lipinski definition) is 1. The second-order valence-electron chi connectivity index (χ2n) is 3.75. The molecule has 19 heavy (non-hydrogen) atoms. The minimum atomic E-state index is -1.61. The number of rotatable bonds is 2. The van der Waals surface area contributed by atoms with E-state index in [4.69, 9.17) is 16.7 Å². The number of carbonyl (C=O) groups is 1. The van der Waals surface area contributed by atoms with Crippen molar-refractivity contribution in [1.29, 1.82) is 0 Å². The Hall–Kier alpha value is -2.01. The first-order chi connectivity index (χ1) is 8.90. The van der Waals surface area contributed by atoms with Crippen LogP contribution in [0.3, 0.4) is 0 Å². The van der Waals surface area contributed by atoms with E-state index in [1.54, 1.807) is 0 Å². The first kappa shape index (κ1) is 13.4. The third kappa shape index (κ3) is 2.56. The molecule has 2 nitrogen and oxygen atoms in total. The summed E-state index contributed by atoms with van der Waals surface area (Å²) in [6.45, 7) is 0. The SMILES string of the molecule is O=C(O)c1ccc(Cl)cc1-c1cc(F)c(F)c(F)c1. The molecule has 0 aliphatic rings. The van der Waals surface area contributed by atoms with E-state index in [9.17, 15) is 18.0 Å². The molecule has 0 radical (unpaired) electrons. The zero-order valence-electron chi connectivity index (χ0n) is 9.25. The summed E-state index contributed by atoms with van der Waals surface area (Å²) in [5.41, 5.74) is -0.274. The van der Waals surface area contributed by atoms with Crippen LogP contribution in [0.1, 0.15) is 10.4 Å². The fourth-order valence-electron chi connectivity index (χ4n) is 1.65. The summed E-state index contributed by atoms with van der Waals surface area (Å²) in [6, 6.07) is 5.23. The minimum Gasteiger partial charge on any atom is -0.478 e. The molecule has 6 heteroatoms. The maximum Gasteiger partial charge on any atom is 0.336 e. The van der Waals surface area contributed by atoms with Crippen LogP contribution in [0, 0.1) is 17.5 Å². The summed E-state index contributed by atoms with van der Waals surface area (Å²) in [6.07, 6.45) is 0. The van der Waals surface area contributed by atoms with Crippen molar-refractivity contribution in [1.82, 2.24) is 0 Å². The summed E-state index contributed by atoms with van der Waals surface area (Å²) in [4.78, 5) is 11.0. The van der Waals surface area contributed by atoms with Gasteiger partial charge in [0.15, 0.2) is 17.5 Å². The lowest BCUT2D eigenvalue weighted by molar-refractivity contribution is 0.0697. The van der Waals surface area contributed by atoms with Crippen molar-refractivity contribution in [3.8, 4) is 11.1 Å². The normalized spacial score (nSPS) is 10.5. The van der Waals surface area contributed by atoms with E-state index in [0.717, 1.165) is 12.1 Å². The van der Waals surface area contributed by atoms with E-state index in [0.29, 0.717) is 0 Å². The standard InChI is InChI=1S/C13H6ClF3O2/c14-7-1-2-8(13(18)19)9(5-7)6-3-10(15)12(17)11(16)4-6/h1-5H,(H,18,19). The monoisotopic (exact) mass is 286 g/mol. The molecule has 98 valence electrons. The molecule has 0 bridgehead atoms. The lowest BCUT2D eigenvalue weighted by atomic mass is 9.99. The zero-order chi connectivity index (χ0) is 14.2. The molecule has 0 spiro atoms. The van der Waals surface area contributed by atoms with Crippen molar-refractivity contribution in [3.05, 3.63) is 58.4 Å². The highest BCUT2D eigenvalue weighted by atomic mass is 35.5. The van der Waals surface area contributed by atoms with Crippen LogP contribution >= 0.6 is 11.6 Å². The van der Waals surface area contributed by atoms with Crippen molar-refractivity contribution >= 4 is 17.6 Å². The zero-order valence-corrected chi connectivity index (χ0v) is 10.0. The minimum absolute atomic E-state index is 0.0119. The van der Waals surface area contributed by atoms with Crippen LogP contribution in [-0.2, 0) is 0 Å². The molecule has 0 atom stereocenters. The van der Waals surface area contributed by atoms with Gasteiger partial charge < -0.3 is 5.11 Å². The van der Waals surface area contributed by atoms with Gasteiger partial charge in [0.1, 0.15) is 0 Å². The molecule has 1 N–H and O–H groups in total. The molecule has 0 saturated heterocycles. The third-order valence-electron chi connectivity index (χ3n) is 2.51. The van der Waals surface area contributed by atoms with Crippen LogP contribution in [0.25, 0.3) is 11.1 Å². The molecule has 0 saturated carbocycles. The Morgan fingerprint density at radius 2 is 1.63 bits per heavy atom. The number of aromatic carboxylic acids is 1. The fraction of sp³-hybridized carbons (Fsp3) is 0. The first-order valence-corrected chi connectivity index (χ1v) is 5.45. The molecule has 0 amide bonds. The molecular weight excluding hydrogens is 281 g/mol.